The van der Waals surface area contributed by atoms with Crippen LogP contribution in [0, 0.1) is 6.92 Å². The van der Waals surface area contributed by atoms with Crippen molar-refractivity contribution in [3.8, 4) is 0 Å². The van der Waals surface area contributed by atoms with Crippen LogP contribution >= 0.6 is 11.3 Å². The molecule has 0 aliphatic carbocycles. The summed E-state index contributed by atoms with van der Waals surface area (Å²) in [5.74, 6) is 0.975. The third-order valence-corrected chi connectivity index (χ3v) is 2.93. The predicted molar refractivity (Wildman–Crippen MR) is 63.2 cm³/mol. The number of hydrogen-bond donors (Lipinski definition) is 0. The second-order valence-electron chi connectivity index (χ2n) is 3.40. The van der Waals surface area contributed by atoms with Crippen LogP contribution in [0.25, 0.3) is 0 Å². The second-order valence-corrected chi connectivity index (χ2v) is 4.46. The highest BCUT2D eigenvalue weighted by Gasteiger charge is 2.04. The average molecular weight is 219 g/mol. The Kier molecular flexibility index (Phi) is 2.97. The summed E-state index contributed by atoms with van der Waals surface area (Å²) in [6.45, 7) is 2.83. The van der Waals surface area contributed by atoms with Crippen LogP contribution in [0.15, 0.2) is 29.8 Å². The smallest absolute Gasteiger partial charge is 0.128 e. The maximum absolute atomic E-state index is 4.43. The standard InChI is InChI=1S/C11H13N3S/c1-9-13-10(8-15-9)7-14(2)11-5-3-4-6-12-11/h3-6,8H,7H2,1-2H3. The molecule has 0 saturated carbocycles. The molecule has 0 N–H and O–H groups in total. The zero-order chi connectivity index (χ0) is 10.7. The molecule has 0 amide bonds. The van der Waals surface area contributed by atoms with Crippen molar-refractivity contribution in [2.24, 2.45) is 0 Å². The van der Waals surface area contributed by atoms with E-state index in [4.69, 9.17) is 0 Å². The average Bonchev–Trinajstić information content (AvgIpc) is 2.65. The lowest BCUT2D eigenvalue weighted by Gasteiger charge is -2.16. The zero-order valence-electron chi connectivity index (χ0n) is 8.84. The molecule has 0 aromatic carbocycles. The van der Waals surface area contributed by atoms with E-state index in [1.165, 1.54) is 0 Å². The largest absolute Gasteiger partial charge is 0.354 e. The number of rotatable bonds is 3. The van der Waals surface area contributed by atoms with Crippen LogP contribution in [0.2, 0.25) is 0 Å². The van der Waals surface area contributed by atoms with Crippen LogP contribution < -0.4 is 4.90 Å². The molecule has 0 aliphatic heterocycles. The first-order valence-electron chi connectivity index (χ1n) is 4.79. The second kappa shape index (κ2) is 4.40. The molecule has 15 heavy (non-hydrogen) atoms. The molecule has 0 fully saturated rings. The van der Waals surface area contributed by atoms with E-state index in [0.717, 1.165) is 23.1 Å². The molecule has 0 spiro atoms. The maximum atomic E-state index is 4.43. The van der Waals surface area contributed by atoms with E-state index >= 15 is 0 Å². The van der Waals surface area contributed by atoms with Gasteiger partial charge in [0.15, 0.2) is 0 Å². The van der Waals surface area contributed by atoms with Crippen molar-refractivity contribution in [2.75, 3.05) is 11.9 Å². The Morgan fingerprint density at radius 2 is 2.27 bits per heavy atom. The van der Waals surface area contributed by atoms with Gasteiger partial charge in [0, 0.05) is 18.6 Å². The monoisotopic (exact) mass is 219 g/mol. The van der Waals surface area contributed by atoms with Gasteiger partial charge in [-0.1, -0.05) is 6.07 Å². The Balaban J connectivity index is 2.07. The zero-order valence-corrected chi connectivity index (χ0v) is 9.66. The van der Waals surface area contributed by atoms with E-state index < -0.39 is 0 Å². The third-order valence-electron chi connectivity index (χ3n) is 2.11. The van der Waals surface area contributed by atoms with Crippen LogP contribution in [0.1, 0.15) is 10.7 Å². The first-order chi connectivity index (χ1) is 7.25. The van der Waals surface area contributed by atoms with E-state index in [2.05, 4.69) is 20.2 Å². The summed E-state index contributed by atoms with van der Waals surface area (Å²) in [7, 11) is 2.02. The fourth-order valence-electron chi connectivity index (χ4n) is 1.38. The summed E-state index contributed by atoms with van der Waals surface area (Å²) in [5, 5.41) is 3.20. The lowest BCUT2D eigenvalue weighted by molar-refractivity contribution is 0.870. The van der Waals surface area contributed by atoms with E-state index in [-0.39, 0.29) is 0 Å². The highest BCUT2D eigenvalue weighted by Crippen LogP contribution is 2.13. The Morgan fingerprint density at radius 1 is 1.40 bits per heavy atom. The van der Waals surface area contributed by atoms with Gasteiger partial charge in [-0.2, -0.15) is 0 Å². The van der Waals surface area contributed by atoms with Gasteiger partial charge in [0.25, 0.3) is 0 Å². The van der Waals surface area contributed by atoms with Crippen LogP contribution in [0.3, 0.4) is 0 Å². The van der Waals surface area contributed by atoms with Gasteiger partial charge in [0.2, 0.25) is 0 Å². The van der Waals surface area contributed by atoms with Gasteiger partial charge < -0.3 is 4.90 Å². The minimum Gasteiger partial charge on any atom is -0.354 e. The molecule has 4 heteroatoms. The molecule has 2 aromatic heterocycles. The number of nitrogens with zero attached hydrogens (tertiary/aromatic N) is 3. The Morgan fingerprint density at radius 3 is 2.87 bits per heavy atom. The molecule has 0 atom stereocenters. The normalized spacial score (nSPS) is 10.3. The van der Waals surface area contributed by atoms with Crippen molar-refractivity contribution in [3.05, 3.63) is 40.5 Å². The molecular weight excluding hydrogens is 206 g/mol. The fraction of sp³-hybridized carbons (Fsp3) is 0.273. The van der Waals surface area contributed by atoms with Gasteiger partial charge in [0.1, 0.15) is 5.82 Å². The van der Waals surface area contributed by atoms with Crippen LogP contribution in [0.5, 0.6) is 0 Å². The molecule has 3 nitrogen and oxygen atoms in total. The van der Waals surface area contributed by atoms with Gasteiger partial charge in [-0.25, -0.2) is 9.97 Å². The van der Waals surface area contributed by atoms with Gasteiger partial charge in [-0.3, -0.25) is 0 Å². The van der Waals surface area contributed by atoms with Gasteiger partial charge >= 0.3 is 0 Å². The number of aromatic nitrogens is 2. The molecule has 0 aliphatic rings. The van der Waals surface area contributed by atoms with Crippen molar-refractivity contribution >= 4 is 17.2 Å². The SMILES string of the molecule is Cc1nc(CN(C)c2ccccn2)cs1. The minimum absolute atomic E-state index is 0.807. The van der Waals surface area contributed by atoms with Crippen molar-refractivity contribution in [2.45, 2.75) is 13.5 Å². The van der Waals surface area contributed by atoms with Crippen LogP contribution in [-0.2, 0) is 6.54 Å². The quantitative estimate of drug-likeness (QED) is 0.794. The van der Waals surface area contributed by atoms with E-state index in [9.17, 15) is 0 Å². The molecule has 2 rings (SSSR count). The third kappa shape index (κ3) is 2.53. The first-order valence-corrected chi connectivity index (χ1v) is 5.67. The molecule has 0 radical (unpaired) electrons. The summed E-state index contributed by atoms with van der Waals surface area (Å²) < 4.78 is 0. The lowest BCUT2D eigenvalue weighted by atomic mass is 10.4. The highest BCUT2D eigenvalue weighted by molar-refractivity contribution is 7.09. The maximum Gasteiger partial charge on any atom is 0.128 e. The molecular formula is C11H13N3S. The number of anilines is 1. The summed E-state index contributed by atoms with van der Waals surface area (Å²) in [6.07, 6.45) is 1.80. The first kappa shape index (κ1) is 10.1. The topological polar surface area (TPSA) is 29.0 Å². The van der Waals surface area contributed by atoms with E-state index in [1.807, 2.05) is 32.2 Å². The van der Waals surface area contributed by atoms with Crippen molar-refractivity contribution in [3.63, 3.8) is 0 Å². The summed E-state index contributed by atoms with van der Waals surface area (Å²) in [4.78, 5) is 10.8. The molecule has 78 valence electrons. The number of pyridine rings is 1. The van der Waals surface area contributed by atoms with Crippen molar-refractivity contribution in [1.82, 2.24) is 9.97 Å². The number of thiazole rings is 1. The van der Waals surface area contributed by atoms with Crippen LogP contribution in [0.4, 0.5) is 5.82 Å². The van der Waals surface area contributed by atoms with Crippen LogP contribution in [-0.4, -0.2) is 17.0 Å². The summed E-state index contributed by atoms with van der Waals surface area (Å²) >= 11 is 1.68. The summed E-state index contributed by atoms with van der Waals surface area (Å²) in [6, 6.07) is 5.91. The van der Waals surface area contributed by atoms with Crippen molar-refractivity contribution in [1.29, 1.82) is 0 Å². The highest BCUT2D eigenvalue weighted by atomic mass is 32.1. The van der Waals surface area contributed by atoms with Gasteiger partial charge in [-0.05, 0) is 19.1 Å². The Labute approximate surface area is 93.4 Å². The minimum atomic E-state index is 0.807. The van der Waals surface area contributed by atoms with E-state index in [1.54, 1.807) is 17.5 Å². The molecule has 2 aromatic rings. The summed E-state index contributed by atoms with van der Waals surface area (Å²) in [5.41, 5.74) is 1.10. The Hall–Kier alpha value is -1.42. The van der Waals surface area contributed by atoms with Crippen molar-refractivity contribution < 1.29 is 0 Å². The van der Waals surface area contributed by atoms with Gasteiger partial charge in [0.05, 0.1) is 17.2 Å². The Bertz CT molecular complexity index is 424. The van der Waals surface area contributed by atoms with Gasteiger partial charge in [-0.15, -0.1) is 11.3 Å². The number of aryl methyl sites for hydroxylation is 1. The van der Waals surface area contributed by atoms with E-state index in [0.29, 0.717) is 0 Å². The molecule has 2 heterocycles. The lowest BCUT2D eigenvalue weighted by Crippen LogP contribution is -2.17. The molecule has 0 saturated heterocycles. The molecule has 0 bridgehead atoms. The number of hydrogen-bond acceptors (Lipinski definition) is 4. The predicted octanol–water partition coefficient (Wildman–Crippen LogP) is 2.48. The molecule has 0 unspecified atom stereocenters. The fourth-order valence-corrected chi connectivity index (χ4v) is 1.99.